The third kappa shape index (κ3) is 4.07. The number of benzene rings is 1. The molecular weight excluding hydrogens is 513 g/mol. The van der Waals surface area contributed by atoms with Gasteiger partial charge < -0.3 is 10.1 Å². The van der Waals surface area contributed by atoms with Crippen LogP contribution in [0.25, 0.3) is 0 Å². The topological polar surface area (TPSA) is 39.1 Å². The van der Waals surface area contributed by atoms with E-state index in [2.05, 4.69) is 83.1 Å². The van der Waals surface area contributed by atoms with Gasteiger partial charge in [-0.1, -0.05) is 15.9 Å². The molecule has 21 heavy (non-hydrogen) atoms. The molecule has 1 heterocycles. The molecule has 0 aliphatic carbocycles. The number of hydrogen-bond donors (Lipinski definition) is 1. The fourth-order valence-electron chi connectivity index (χ4n) is 2.19. The van der Waals surface area contributed by atoms with E-state index in [9.17, 15) is 0 Å². The largest absolute Gasteiger partial charge is 0.383 e. The molecule has 1 unspecified atom stereocenters. The van der Waals surface area contributed by atoms with Crippen LogP contribution in [0.3, 0.4) is 0 Å². The van der Waals surface area contributed by atoms with Crippen molar-refractivity contribution in [1.82, 2.24) is 15.1 Å². The first-order chi connectivity index (χ1) is 10.1. The zero-order valence-electron chi connectivity index (χ0n) is 11.7. The molecule has 0 fully saturated rings. The lowest BCUT2D eigenvalue weighted by Crippen LogP contribution is -2.23. The van der Waals surface area contributed by atoms with Gasteiger partial charge in [0.25, 0.3) is 0 Å². The zero-order chi connectivity index (χ0) is 15.4. The number of hydrogen-bond acceptors (Lipinski definition) is 3. The average Bonchev–Trinajstić information content (AvgIpc) is 2.83. The average molecular weight is 529 g/mol. The Hall–Kier alpha value is 0.0400. The second-order valence-corrected chi connectivity index (χ2v) is 7.44. The fraction of sp³-hybridized carbons (Fsp3) is 0.357. The van der Waals surface area contributed by atoms with E-state index in [0.717, 1.165) is 21.2 Å². The van der Waals surface area contributed by atoms with Gasteiger partial charge in [-0.2, -0.15) is 5.10 Å². The van der Waals surface area contributed by atoms with Crippen molar-refractivity contribution in [2.45, 2.75) is 12.6 Å². The third-order valence-electron chi connectivity index (χ3n) is 3.17. The van der Waals surface area contributed by atoms with Crippen LogP contribution in [-0.2, 0) is 11.3 Å². The maximum Gasteiger partial charge on any atom is 0.0768 e. The van der Waals surface area contributed by atoms with Gasteiger partial charge in [-0.15, -0.1) is 0 Å². The summed E-state index contributed by atoms with van der Waals surface area (Å²) in [7, 11) is 3.65. The molecule has 0 saturated carbocycles. The molecule has 0 radical (unpaired) electrons. The second kappa shape index (κ2) is 8.05. The van der Waals surface area contributed by atoms with Crippen molar-refractivity contribution in [2.24, 2.45) is 0 Å². The minimum Gasteiger partial charge on any atom is -0.383 e. The van der Waals surface area contributed by atoms with Crippen LogP contribution in [0.1, 0.15) is 17.3 Å². The molecule has 0 aliphatic heterocycles. The van der Waals surface area contributed by atoms with E-state index in [1.165, 1.54) is 9.13 Å². The summed E-state index contributed by atoms with van der Waals surface area (Å²) in [4.78, 5) is 0. The highest BCUT2D eigenvalue weighted by Crippen LogP contribution is 2.33. The number of ether oxygens (including phenoxy) is 1. The van der Waals surface area contributed by atoms with Crippen LogP contribution in [0.4, 0.5) is 0 Å². The molecule has 0 bridgehead atoms. The van der Waals surface area contributed by atoms with E-state index < -0.39 is 0 Å². The lowest BCUT2D eigenvalue weighted by atomic mass is 10.0. The van der Waals surface area contributed by atoms with Gasteiger partial charge in [-0.25, -0.2) is 0 Å². The van der Waals surface area contributed by atoms with E-state index >= 15 is 0 Å². The minimum atomic E-state index is 0.0443. The summed E-state index contributed by atoms with van der Waals surface area (Å²) in [6.07, 6.45) is 1.83. The Morgan fingerprint density at radius 1 is 1.38 bits per heavy atom. The quantitative estimate of drug-likeness (QED) is 0.577. The van der Waals surface area contributed by atoms with Gasteiger partial charge in [0.2, 0.25) is 0 Å². The highest BCUT2D eigenvalue weighted by atomic mass is 127. The fourth-order valence-corrected chi connectivity index (χ4v) is 3.71. The van der Waals surface area contributed by atoms with E-state index in [0.29, 0.717) is 6.61 Å². The summed E-state index contributed by atoms with van der Waals surface area (Å²) in [5.41, 5.74) is 2.28. The predicted molar refractivity (Wildman–Crippen MR) is 99.6 cm³/mol. The van der Waals surface area contributed by atoms with Crippen molar-refractivity contribution in [3.8, 4) is 0 Å². The molecule has 1 N–H and O–H groups in total. The lowest BCUT2D eigenvalue weighted by molar-refractivity contribution is 0.182. The van der Waals surface area contributed by atoms with Gasteiger partial charge in [-0.05, 0) is 69.3 Å². The van der Waals surface area contributed by atoms with Crippen molar-refractivity contribution in [3.63, 3.8) is 0 Å². The molecule has 0 aliphatic rings. The van der Waals surface area contributed by atoms with Crippen LogP contribution in [-0.4, -0.2) is 30.5 Å². The number of nitrogens with zero attached hydrogens (tertiary/aromatic N) is 2. The molecular formula is C14H16Br2IN3O. The Balaban J connectivity index is 2.46. The molecule has 1 aromatic heterocycles. The Morgan fingerprint density at radius 2 is 2.14 bits per heavy atom. The normalized spacial score (nSPS) is 12.6. The summed E-state index contributed by atoms with van der Waals surface area (Å²) in [6, 6.07) is 6.37. The van der Waals surface area contributed by atoms with Gasteiger partial charge in [0.15, 0.2) is 0 Å². The first kappa shape index (κ1) is 17.4. The summed E-state index contributed by atoms with van der Waals surface area (Å²) in [6.45, 7) is 1.35. The van der Waals surface area contributed by atoms with Gasteiger partial charge in [0, 0.05) is 15.2 Å². The molecule has 0 spiro atoms. The van der Waals surface area contributed by atoms with Gasteiger partial charge in [-0.3, -0.25) is 4.68 Å². The van der Waals surface area contributed by atoms with Crippen molar-refractivity contribution in [3.05, 3.63) is 48.2 Å². The summed E-state index contributed by atoms with van der Waals surface area (Å²) < 4.78 is 10.4. The molecule has 114 valence electrons. The minimum absolute atomic E-state index is 0.0443. The first-order valence-corrected chi connectivity index (χ1v) is 9.07. The van der Waals surface area contributed by atoms with E-state index in [1.54, 1.807) is 7.11 Å². The molecule has 0 saturated heterocycles. The zero-order valence-corrected chi connectivity index (χ0v) is 17.1. The Labute approximate surface area is 155 Å². The van der Waals surface area contributed by atoms with E-state index in [1.807, 2.05) is 17.9 Å². The summed E-state index contributed by atoms with van der Waals surface area (Å²) >= 11 is 9.58. The second-order valence-electron chi connectivity index (χ2n) is 4.48. The highest BCUT2D eigenvalue weighted by Gasteiger charge is 2.22. The molecule has 4 nitrogen and oxygen atoms in total. The van der Waals surface area contributed by atoms with Gasteiger partial charge >= 0.3 is 0 Å². The van der Waals surface area contributed by atoms with Crippen LogP contribution in [0, 0.1) is 3.57 Å². The number of aromatic nitrogens is 2. The monoisotopic (exact) mass is 527 g/mol. The predicted octanol–water partition coefficient (Wildman–Crippen LogP) is 3.97. The number of halogens is 3. The maximum absolute atomic E-state index is 5.16. The Morgan fingerprint density at radius 3 is 2.81 bits per heavy atom. The van der Waals surface area contributed by atoms with Crippen LogP contribution in [0.15, 0.2) is 33.3 Å². The van der Waals surface area contributed by atoms with Crippen LogP contribution >= 0.6 is 54.5 Å². The molecule has 1 aromatic carbocycles. The molecule has 1 atom stereocenters. The number of methoxy groups -OCH3 is 1. The Bertz CT molecular complexity index is 618. The molecule has 2 aromatic rings. The highest BCUT2D eigenvalue weighted by molar-refractivity contribution is 14.1. The summed E-state index contributed by atoms with van der Waals surface area (Å²) in [5, 5.41) is 7.81. The van der Waals surface area contributed by atoms with Crippen molar-refractivity contribution < 1.29 is 4.74 Å². The maximum atomic E-state index is 5.16. The van der Waals surface area contributed by atoms with Crippen molar-refractivity contribution in [1.29, 1.82) is 0 Å². The van der Waals surface area contributed by atoms with E-state index in [4.69, 9.17) is 4.74 Å². The molecule has 2 rings (SSSR count). The SMILES string of the molecule is CNC(c1cc(I)ccc1Br)c1c(Br)cnn1CCOC. The van der Waals surface area contributed by atoms with Gasteiger partial charge in [0.1, 0.15) is 0 Å². The summed E-state index contributed by atoms with van der Waals surface area (Å²) in [5.74, 6) is 0. The van der Waals surface area contributed by atoms with Crippen LogP contribution < -0.4 is 5.32 Å². The Kier molecular flexibility index (Phi) is 6.67. The smallest absolute Gasteiger partial charge is 0.0768 e. The third-order valence-corrected chi connectivity index (χ3v) is 5.18. The number of rotatable bonds is 6. The standard InChI is InChI=1S/C14H16Br2IN3O/c1-18-13(10-7-9(17)3-4-11(10)15)14-12(16)8-19-20(14)5-6-21-2/h3-4,7-8,13,18H,5-6H2,1-2H3. The lowest BCUT2D eigenvalue weighted by Gasteiger charge is -2.21. The van der Waals surface area contributed by atoms with Crippen molar-refractivity contribution in [2.75, 3.05) is 20.8 Å². The van der Waals surface area contributed by atoms with Crippen LogP contribution in [0.2, 0.25) is 0 Å². The first-order valence-electron chi connectivity index (χ1n) is 6.40. The van der Waals surface area contributed by atoms with Gasteiger partial charge in [0.05, 0.1) is 35.6 Å². The molecule has 7 heteroatoms. The van der Waals surface area contributed by atoms with Crippen LogP contribution in [0.5, 0.6) is 0 Å². The molecule has 0 amide bonds. The number of nitrogens with one attached hydrogen (secondary N) is 1. The van der Waals surface area contributed by atoms with E-state index in [-0.39, 0.29) is 6.04 Å². The van der Waals surface area contributed by atoms with Crippen molar-refractivity contribution >= 4 is 54.5 Å².